The lowest BCUT2D eigenvalue weighted by Crippen LogP contribution is -1.99. The van der Waals surface area contributed by atoms with Crippen LogP contribution in [0, 0.1) is 18.8 Å². The average molecular weight is 229 g/mol. The van der Waals surface area contributed by atoms with E-state index in [4.69, 9.17) is 10.6 Å². The fourth-order valence-corrected chi connectivity index (χ4v) is 1.30. The molecular formula is C12H11N3O2. The van der Waals surface area contributed by atoms with Crippen LogP contribution in [0.1, 0.15) is 27.9 Å². The van der Waals surface area contributed by atoms with Gasteiger partial charge >= 0.3 is 5.97 Å². The average Bonchev–Trinajstić information content (AvgIpc) is 2.28. The summed E-state index contributed by atoms with van der Waals surface area (Å²) in [5.74, 6) is 4.79. The molecule has 0 atom stereocenters. The highest BCUT2D eigenvalue weighted by Crippen LogP contribution is 2.10. The second kappa shape index (κ2) is 6.21. The van der Waals surface area contributed by atoms with Gasteiger partial charge in [-0.2, -0.15) is 0 Å². The predicted molar refractivity (Wildman–Crippen MR) is 63.6 cm³/mol. The Labute approximate surface area is 98.7 Å². The molecule has 5 heteroatoms. The van der Waals surface area contributed by atoms with Crippen molar-refractivity contribution in [3.63, 3.8) is 0 Å². The van der Waals surface area contributed by atoms with E-state index in [0.717, 1.165) is 5.56 Å². The molecule has 1 aromatic carbocycles. The molecule has 1 aromatic rings. The molecule has 0 aliphatic heterocycles. The summed E-state index contributed by atoms with van der Waals surface area (Å²) in [6.45, 7) is 2.07. The molecule has 0 heterocycles. The van der Waals surface area contributed by atoms with Crippen LogP contribution in [0.15, 0.2) is 23.3 Å². The van der Waals surface area contributed by atoms with Crippen LogP contribution < -0.4 is 0 Å². The quantitative estimate of drug-likeness (QED) is 0.284. The molecule has 1 N–H and O–H groups in total. The zero-order chi connectivity index (χ0) is 12.7. The number of benzene rings is 1. The summed E-state index contributed by atoms with van der Waals surface area (Å²) < 4.78 is 0. The zero-order valence-corrected chi connectivity index (χ0v) is 9.34. The van der Waals surface area contributed by atoms with Gasteiger partial charge in [-0.25, -0.2) is 4.79 Å². The van der Waals surface area contributed by atoms with Crippen LogP contribution in [0.5, 0.6) is 0 Å². The van der Waals surface area contributed by atoms with Crippen molar-refractivity contribution in [3.8, 4) is 11.8 Å². The number of azide groups is 1. The number of hydrogen-bond acceptors (Lipinski definition) is 2. The number of aryl methyl sites for hydroxylation is 1. The maximum atomic E-state index is 10.8. The molecule has 5 nitrogen and oxygen atoms in total. The Bertz CT molecular complexity index is 534. The summed E-state index contributed by atoms with van der Waals surface area (Å²) in [5, 5.41) is 12.2. The van der Waals surface area contributed by atoms with Crippen LogP contribution in [-0.2, 0) is 0 Å². The van der Waals surface area contributed by atoms with Crippen LogP contribution >= 0.6 is 0 Å². The number of aromatic carboxylic acids is 1. The van der Waals surface area contributed by atoms with Crippen LogP contribution in [0.2, 0.25) is 0 Å². The summed E-state index contributed by atoms with van der Waals surface area (Å²) in [5.41, 5.74) is 9.78. The Kier molecular flexibility index (Phi) is 4.61. The van der Waals surface area contributed by atoms with Crippen LogP contribution in [0.25, 0.3) is 10.4 Å². The minimum Gasteiger partial charge on any atom is -0.478 e. The van der Waals surface area contributed by atoms with Gasteiger partial charge in [0.2, 0.25) is 0 Å². The highest BCUT2D eigenvalue weighted by molar-refractivity contribution is 5.89. The molecule has 0 amide bonds. The van der Waals surface area contributed by atoms with E-state index in [2.05, 4.69) is 21.9 Å². The molecule has 0 saturated carbocycles. The van der Waals surface area contributed by atoms with E-state index in [1.807, 2.05) is 0 Å². The summed E-state index contributed by atoms with van der Waals surface area (Å²) in [7, 11) is 0. The first-order valence-electron chi connectivity index (χ1n) is 4.99. The molecule has 0 spiro atoms. The minimum atomic E-state index is -0.939. The van der Waals surface area contributed by atoms with Gasteiger partial charge in [-0.1, -0.05) is 17.0 Å². The van der Waals surface area contributed by atoms with Crippen molar-refractivity contribution in [2.75, 3.05) is 6.54 Å². The standard InChI is InChI=1S/C12H11N3O2/c1-9-8-10(4-2-3-7-14-15-13)5-6-11(9)12(16)17/h5-6,8H,3,7H2,1H3,(H,16,17). The molecular weight excluding hydrogens is 218 g/mol. The SMILES string of the molecule is Cc1cc(C#CCCN=[N+]=[N-])ccc1C(=O)O. The highest BCUT2D eigenvalue weighted by Gasteiger charge is 2.05. The summed E-state index contributed by atoms with van der Waals surface area (Å²) in [4.78, 5) is 13.4. The van der Waals surface area contributed by atoms with Gasteiger partial charge in [-0.05, 0) is 36.2 Å². The predicted octanol–water partition coefficient (Wildman–Crippen LogP) is 2.75. The molecule has 0 aliphatic rings. The third-order valence-corrected chi connectivity index (χ3v) is 2.09. The van der Waals surface area contributed by atoms with Crippen molar-refractivity contribution >= 4 is 5.97 Å². The fourth-order valence-electron chi connectivity index (χ4n) is 1.30. The first-order chi connectivity index (χ1) is 8.15. The van der Waals surface area contributed by atoms with E-state index < -0.39 is 5.97 Å². The molecule has 0 unspecified atom stereocenters. The van der Waals surface area contributed by atoms with E-state index >= 15 is 0 Å². The molecule has 86 valence electrons. The number of hydrogen-bond donors (Lipinski definition) is 1. The Morgan fingerprint density at radius 1 is 1.59 bits per heavy atom. The third-order valence-electron chi connectivity index (χ3n) is 2.09. The minimum absolute atomic E-state index is 0.282. The maximum absolute atomic E-state index is 10.8. The van der Waals surface area contributed by atoms with Crippen molar-refractivity contribution in [2.45, 2.75) is 13.3 Å². The van der Waals surface area contributed by atoms with Crippen molar-refractivity contribution in [1.82, 2.24) is 0 Å². The van der Waals surface area contributed by atoms with Crippen molar-refractivity contribution in [3.05, 3.63) is 45.3 Å². The Morgan fingerprint density at radius 3 is 2.94 bits per heavy atom. The van der Waals surface area contributed by atoms with E-state index in [-0.39, 0.29) is 5.56 Å². The van der Waals surface area contributed by atoms with Gasteiger partial charge in [-0.15, -0.1) is 0 Å². The van der Waals surface area contributed by atoms with Gasteiger partial charge in [0.05, 0.1) is 5.56 Å². The first-order valence-corrected chi connectivity index (χ1v) is 4.99. The van der Waals surface area contributed by atoms with Gasteiger partial charge in [0.1, 0.15) is 0 Å². The molecule has 0 aliphatic carbocycles. The third kappa shape index (κ3) is 3.90. The normalized spacial score (nSPS) is 8.76. The summed E-state index contributed by atoms with van der Waals surface area (Å²) in [6.07, 6.45) is 0.490. The van der Waals surface area contributed by atoms with Gasteiger partial charge < -0.3 is 5.11 Å². The lowest BCUT2D eigenvalue weighted by Gasteiger charge is -2.00. The number of rotatable bonds is 3. The summed E-state index contributed by atoms with van der Waals surface area (Å²) in [6, 6.07) is 4.93. The van der Waals surface area contributed by atoms with Gasteiger partial charge in [0, 0.05) is 23.4 Å². The fraction of sp³-hybridized carbons (Fsp3) is 0.250. The largest absolute Gasteiger partial charge is 0.478 e. The number of nitrogens with zero attached hydrogens (tertiary/aromatic N) is 3. The van der Waals surface area contributed by atoms with Crippen molar-refractivity contribution in [1.29, 1.82) is 0 Å². The lowest BCUT2D eigenvalue weighted by molar-refractivity contribution is 0.0696. The molecule has 0 aromatic heterocycles. The van der Waals surface area contributed by atoms with E-state index in [1.165, 1.54) is 6.07 Å². The highest BCUT2D eigenvalue weighted by atomic mass is 16.4. The topological polar surface area (TPSA) is 86.1 Å². The molecule has 17 heavy (non-hydrogen) atoms. The molecule has 0 saturated heterocycles. The number of carboxylic acids is 1. The maximum Gasteiger partial charge on any atom is 0.335 e. The van der Waals surface area contributed by atoms with Gasteiger partial charge in [-0.3, -0.25) is 0 Å². The monoisotopic (exact) mass is 229 g/mol. The van der Waals surface area contributed by atoms with Crippen LogP contribution in [0.3, 0.4) is 0 Å². The van der Waals surface area contributed by atoms with Crippen LogP contribution in [0.4, 0.5) is 0 Å². The Balaban J connectivity index is 2.77. The van der Waals surface area contributed by atoms with E-state index in [0.29, 0.717) is 18.5 Å². The smallest absolute Gasteiger partial charge is 0.335 e. The Hall–Kier alpha value is -2.44. The molecule has 0 bridgehead atoms. The van der Waals surface area contributed by atoms with Gasteiger partial charge in [0.15, 0.2) is 0 Å². The number of carboxylic acid groups (broad SMARTS) is 1. The second-order valence-electron chi connectivity index (χ2n) is 3.34. The molecule has 0 fully saturated rings. The Morgan fingerprint density at radius 2 is 2.35 bits per heavy atom. The van der Waals surface area contributed by atoms with Crippen molar-refractivity contribution in [2.24, 2.45) is 5.11 Å². The molecule has 0 radical (unpaired) electrons. The number of carbonyl (C=O) groups is 1. The van der Waals surface area contributed by atoms with E-state index in [9.17, 15) is 4.79 Å². The first kappa shape index (κ1) is 12.6. The lowest BCUT2D eigenvalue weighted by atomic mass is 10.1. The molecule has 1 rings (SSSR count). The van der Waals surface area contributed by atoms with E-state index in [1.54, 1.807) is 19.1 Å². The summed E-state index contributed by atoms with van der Waals surface area (Å²) >= 11 is 0. The van der Waals surface area contributed by atoms with Gasteiger partial charge in [0.25, 0.3) is 0 Å². The van der Waals surface area contributed by atoms with Crippen LogP contribution in [-0.4, -0.2) is 17.6 Å². The zero-order valence-electron chi connectivity index (χ0n) is 9.34. The van der Waals surface area contributed by atoms with Crippen molar-refractivity contribution < 1.29 is 9.90 Å². The second-order valence-corrected chi connectivity index (χ2v) is 3.34.